The lowest BCUT2D eigenvalue weighted by molar-refractivity contribution is -0.114. The third-order valence-electron chi connectivity index (χ3n) is 3.27. The Morgan fingerprint density at radius 2 is 1.76 bits per heavy atom. The molecule has 0 bridgehead atoms. The predicted octanol–water partition coefficient (Wildman–Crippen LogP) is 2.43. The van der Waals surface area contributed by atoms with Crippen molar-refractivity contribution in [2.24, 2.45) is 5.10 Å². The SMILES string of the molecule is COc1cccc(/C=N\NC(=O)c2ccc(NC(C)=O)cc2)c1OC. The van der Waals surface area contributed by atoms with Gasteiger partial charge in [0.2, 0.25) is 5.91 Å². The fourth-order valence-electron chi connectivity index (χ4n) is 2.15. The molecule has 0 aliphatic heterocycles. The largest absolute Gasteiger partial charge is 0.493 e. The van der Waals surface area contributed by atoms with Crippen molar-refractivity contribution in [1.29, 1.82) is 0 Å². The second-order valence-electron chi connectivity index (χ2n) is 5.04. The number of hydrazone groups is 1. The van der Waals surface area contributed by atoms with E-state index in [1.165, 1.54) is 20.2 Å². The molecule has 0 saturated carbocycles. The van der Waals surface area contributed by atoms with Gasteiger partial charge in [0.25, 0.3) is 5.91 Å². The molecule has 7 heteroatoms. The van der Waals surface area contributed by atoms with E-state index < -0.39 is 0 Å². The van der Waals surface area contributed by atoms with E-state index in [1.54, 1.807) is 49.6 Å². The van der Waals surface area contributed by atoms with Crippen LogP contribution in [0.25, 0.3) is 0 Å². The first-order valence-corrected chi connectivity index (χ1v) is 7.47. The number of para-hydroxylation sites is 1. The summed E-state index contributed by atoms with van der Waals surface area (Å²) in [7, 11) is 3.08. The Labute approximate surface area is 145 Å². The molecule has 2 rings (SSSR count). The third-order valence-corrected chi connectivity index (χ3v) is 3.27. The molecule has 0 spiro atoms. The number of hydrogen-bond donors (Lipinski definition) is 2. The van der Waals surface area contributed by atoms with Gasteiger partial charge in [-0.25, -0.2) is 5.43 Å². The Kier molecular flexibility index (Phi) is 6.11. The molecule has 25 heavy (non-hydrogen) atoms. The van der Waals surface area contributed by atoms with Gasteiger partial charge in [-0.15, -0.1) is 0 Å². The fraction of sp³-hybridized carbons (Fsp3) is 0.167. The number of ether oxygens (including phenoxy) is 2. The Morgan fingerprint density at radius 1 is 1.04 bits per heavy atom. The minimum absolute atomic E-state index is 0.172. The smallest absolute Gasteiger partial charge is 0.271 e. The monoisotopic (exact) mass is 341 g/mol. The molecule has 0 aliphatic carbocycles. The first-order chi connectivity index (χ1) is 12.0. The summed E-state index contributed by atoms with van der Waals surface area (Å²) < 4.78 is 10.5. The van der Waals surface area contributed by atoms with Crippen molar-refractivity contribution < 1.29 is 19.1 Å². The minimum atomic E-state index is -0.368. The van der Waals surface area contributed by atoms with Gasteiger partial charge in [0.05, 0.1) is 20.4 Å². The van der Waals surface area contributed by atoms with Crippen LogP contribution in [0.3, 0.4) is 0 Å². The maximum Gasteiger partial charge on any atom is 0.271 e. The normalized spacial score (nSPS) is 10.4. The number of carbonyl (C=O) groups excluding carboxylic acids is 2. The summed E-state index contributed by atoms with van der Waals surface area (Å²) in [5, 5.41) is 6.58. The van der Waals surface area contributed by atoms with Crippen LogP contribution in [-0.4, -0.2) is 32.2 Å². The maximum atomic E-state index is 12.1. The van der Waals surface area contributed by atoms with Crippen LogP contribution in [0.4, 0.5) is 5.69 Å². The lowest BCUT2D eigenvalue weighted by Gasteiger charge is -2.09. The van der Waals surface area contributed by atoms with Crippen LogP contribution >= 0.6 is 0 Å². The second kappa shape index (κ2) is 8.49. The molecular weight excluding hydrogens is 322 g/mol. The van der Waals surface area contributed by atoms with E-state index in [1.807, 2.05) is 0 Å². The van der Waals surface area contributed by atoms with Gasteiger partial charge in [-0.3, -0.25) is 9.59 Å². The van der Waals surface area contributed by atoms with Crippen molar-refractivity contribution in [2.75, 3.05) is 19.5 Å². The summed E-state index contributed by atoms with van der Waals surface area (Å²) in [6.07, 6.45) is 1.48. The highest BCUT2D eigenvalue weighted by atomic mass is 16.5. The van der Waals surface area contributed by atoms with Crippen LogP contribution < -0.4 is 20.2 Å². The highest BCUT2D eigenvalue weighted by molar-refractivity contribution is 5.96. The second-order valence-corrected chi connectivity index (χ2v) is 5.04. The summed E-state index contributed by atoms with van der Waals surface area (Å²) in [4.78, 5) is 23.1. The van der Waals surface area contributed by atoms with Crippen LogP contribution in [0.15, 0.2) is 47.6 Å². The zero-order valence-corrected chi connectivity index (χ0v) is 14.2. The first kappa shape index (κ1) is 18.0. The van der Waals surface area contributed by atoms with E-state index in [4.69, 9.17) is 9.47 Å². The van der Waals surface area contributed by atoms with E-state index in [2.05, 4.69) is 15.8 Å². The maximum absolute atomic E-state index is 12.1. The number of rotatable bonds is 6. The average Bonchev–Trinajstić information content (AvgIpc) is 2.61. The number of nitrogens with one attached hydrogen (secondary N) is 2. The Bertz CT molecular complexity index is 785. The quantitative estimate of drug-likeness (QED) is 0.624. The van der Waals surface area contributed by atoms with Crippen LogP contribution in [-0.2, 0) is 4.79 Å². The molecule has 0 radical (unpaired) electrons. The molecule has 2 N–H and O–H groups in total. The summed E-state index contributed by atoms with van der Waals surface area (Å²) in [5.41, 5.74) is 4.15. The van der Waals surface area contributed by atoms with E-state index >= 15 is 0 Å². The fourth-order valence-corrected chi connectivity index (χ4v) is 2.15. The average molecular weight is 341 g/mol. The Balaban J connectivity index is 2.04. The van der Waals surface area contributed by atoms with Gasteiger partial charge in [-0.05, 0) is 36.4 Å². The Morgan fingerprint density at radius 3 is 2.36 bits per heavy atom. The van der Waals surface area contributed by atoms with Crippen molar-refractivity contribution in [3.05, 3.63) is 53.6 Å². The lowest BCUT2D eigenvalue weighted by atomic mass is 10.2. The van der Waals surface area contributed by atoms with E-state index in [0.717, 1.165) is 0 Å². The number of anilines is 1. The molecule has 2 amide bonds. The third kappa shape index (κ3) is 4.81. The van der Waals surface area contributed by atoms with Crippen LogP contribution in [0.5, 0.6) is 11.5 Å². The van der Waals surface area contributed by atoms with Crippen molar-refractivity contribution in [3.63, 3.8) is 0 Å². The van der Waals surface area contributed by atoms with Crippen molar-refractivity contribution in [1.82, 2.24) is 5.43 Å². The van der Waals surface area contributed by atoms with Gasteiger partial charge in [0.1, 0.15) is 0 Å². The summed E-state index contributed by atoms with van der Waals surface area (Å²) in [6, 6.07) is 11.8. The van der Waals surface area contributed by atoms with Crippen LogP contribution in [0.1, 0.15) is 22.8 Å². The number of methoxy groups -OCH3 is 2. The molecule has 0 atom stereocenters. The van der Waals surface area contributed by atoms with Crippen LogP contribution in [0, 0.1) is 0 Å². The van der Waals surface area contributed by atoms with Gasteiger partial charge in [-0.1, -0.05) is 6.07 Å². The van der Waals surface area contributed by atoms with Crippen molar-refractivity contribution in [2.45, 2.75) is 6.92 Å². The molecular formula is C18H19N3O4. The molecule has 0 unspecified atom stereocenters. The van der Waals surface area contributed by atoms with Gasteiger partial charge in [0, 0.05) is 23.7 Å². The molecule has 0 aliphatic rings. The zero-order valence-electron chi connectivity index (χ0n) is 14.2. The van der Waals surface area contributed by atoms with Gasteiger partial charge in [-0.2, -0.15) is 5.10 Å². The summed E-state index contributed by atoms with van der Waals surface area (Å²) in [6.45, 7) is 1.42. The topological polar surface area (TPSA) is 89.0 Å². The van der Waals surface area contributed by atoms with Crippen molar-refractivity contribution in [3.8, 4) is 11.5 Å². The number of nitrogens with zero attached hydrogens (tertiary/aromatic N) is 1. The van der Waals surface area contributed by atoms with Gasteiger partial charge >= 0.3 is 0 Å². The van der Waals surface area contributed by atoms with Gasteiger partial charge < -0.3 is 14.8 Å². The van der Waals surface area contributed by atoms with E-state index in [9.17, 15) is 9.59 Å². The van der Waals surface area contributed by atoms with E-state index in [-0.39, 0.29) is 11.8 Å². The van der Waals surface area contributed by atoms with Crippen molar-refractivity contribution >= 4 is 23.7 Å². The molecule has 0 aromatic heterocycles. The number of benzene rings is 2. The molecule has 0 fully saturated rings. The van der Waals surface area contributed by atoms with Crippen LogP contribution in [0.2, 0.25) is 0 Å². The highest BCUT2D eigenvalue weighted by Crippen LogP contribution is 2.29. The van der Waals surface area contributed by atoms with E-state index in [0.29, 0.717) is 28.3 Å². The first-order valence-electron chi connectivity index (χ1n) is 7.47. The molecule has 130 valence electrons. The number of amides is 2. The molecule has 7 nitrogen and oxygen atoms in total. The Hall–Kier alpha value is -3.35. The number of carbonyl (C=O) groups is 2. The molecule has 0 saturated heterocycles. The molecule has 2 aromatic carbocycles. The zero-order chi connectivity index (χ0) is 18.2. The number of hydrogen-bond acceptors (Lipinski definition) is 5. The standard InChI is InChI=1S/C18H19N3O4/c1-12(22)20-15-9-7-13(8-10-15)18(23)21-19-11-14-5-4-6-16(24-2)17(14)25-3/h4-11H,1-3H3,(H,20,22)(H,21,23)/b19-11-. The summed E-state index contributed by atoms with van der Waals surface area (Å²) >= 11 is 0. The minimum Gasteiger partial charge on any atom is -0.493 e. The van der Waals surface area contributed by atoms with Gasteiger partial charge in [0.15, 0.2) is 11.5 Å². The predicted molar refractivity (Wildman–Crippen MR) is 95.4 cm³/mol. The highest BCUT2D eigenvalue weighted by Gasteiger charge is 2.08. The summed E-state index contributed by atoms with van der Waals surface area (Å²) in [5.74, 6) is 0.565. The molecule has 0 heterocycles. The lowest BCUT2D eigenvalue weighted by Crippen LogP contribution is -2.17. The molecule has 2 aromatic rings.